The molecule has 7 heteroatoms. The average Bonchev–Trinajstić information content (AvgIpc) is 3.25. The molecule has 7 nitrogen and oxygen atoms in total. The lowest BCUT2D eigenvalue weighted by Gasteiger charge is -2.08. The number of hydrogen-bond donors (Lipinski definition) is 1. The lowest BCUT2D eigenvalue weighted by Crippen LogP contribution is -2.12. The van der Waals surface area contributed by atoms with Gasteiger partial charge in [0.15, 0.2) is 0 Å². The number of amides is 1. The second-order valence-corrected chi connectivity index (χ2v) is 5.64. The molecule has 0 spiro atoms. The second kappa shape index (κ2) is 7.49. The summed E-state index contributed by atoms with van der Waals surface area (Å²) >= 11 is 0. The lowest BCUT2D eigenvalue weighted by molar-refractivity contribution is 0.102. The van der Waals surface area contributed by atoms with Gasteiger partial charge in [0.25, 0.3) is 5.91 Å². The number of nitrogens with zero attached hydrogens (tertiary/aromatic N) is 4. The summed E-state index contributed by atoms with van der Waals surface area (Å²) in [6.45, 7) is 0. The van der Waals surface area contributed by atoms with Crippen molar-refractivity contribution in [3.63, 3.8) is 0 Å². The molecule has 0 aliphatic carbocycles. The van der Waals surface area contributed by atoms with Crippen LogP contribution in [0.15, 0.2) is 85.7 Å². The highest BCUT2D eigenvalue weighted by Gasteiger charge is 2.08. The molecule has 1 amide bonds. The molecule has 0 aliphatic rings. The molecule has 2 heterocycles. The van der Waals surface area contributed by atoms with Gasteiger partial charge < -0.3 is 10.1 Å². The SMILES string of the molecule is O=C(Nc1cnc(-n2ccnc2)nc1)c1ccc(Oc2ccccc2)cc1. The van der Waals surface area contributed by atoms with E-state index >= 15 is 0 Å². The first kappa shape index (κ1) is 16.5. The van der Waals surface area contributed by atoms with E-state index in [9.17, 15) is 4.79 Å². The van der Waals surface area contributed by atoms with E-state index in [0.29, 0.717) is 22.9 Å². The minimum absolute atomic E-state index is 0.250. The zero-order valence-corrected chi connectivity index (χ0v) is 14.2. The van der Waals surface area contributed by atoms with Crippen LogP contribution in [0.25, 0.3) is 5.95 Å². The molecule has 0 fully saturated rings. The van der Waals surface area contributed by atoms with Crippen molar-refractivity contribution in [3.8, 4) is 17.4 Å². The number of rotatable bonds is 5. The lowest BCUT2D eigenvalue weighted by atomic mass is 10.2. The van der Waals surface area contributed by atoms with E-state index in [2.05, 4.69) is 20.3 Å². The number of carbonyl (C=O) groups excluding carboxylic acids is 1. The van der Waals surface area contributed by atoms with Gasteiger partial charge in [-0.05, 0) is 36.4 Å². The third-order valence-electron chi connectivity index (χ3n) is 3.73. The minimum atomic E-state index is -0.250. The molecule has 0 saturated heterocycles. The Morgan fingerprint density at radius 1 is 0.926 bits per heavy atom. The third-order valence-corrected chi connectivity index (χ3v) is 3.73. The van der Waals surface area contributed by atoms with Crippen molar-refractivity contribution >= 4 is 11.6 Å². The Labute approximate surface area is 155 Å². The molecule has 2 aromatic heterocycles. The minimum Gasteiger partial charge on any atom is -0.457 e. The maximum Gasteiger partial charge on any atom is 0.255 e. The molecule has 4 aromatic rings. The molecule has 4 rings (SSSR count). The first-order valence-electron chi connectivity index (χ1n) is 8.23. The van der Waals surface area contributed by atoms with Crippen LogP contribution in [0.2, 0.25) is 0 Å². The Hall–Kier alpha value is -4.00. The van der Waals surface area contributed by atoms with E-state index in [4.69, 9.17) is 4.74 Å². The Kier molecular flexibility index (Phi) is 4.57. The van der Waals surface area contributed by atoms with Gasteiger partial charge in [-0.1, -0.05) is 18.2 Å². The van der Waals surface area contributed by atoms with E-state index in [0.717, 1.165) is 5.75 Å². The fourth-order valence-electron chi connectivity index (χ4n) is 2.40. The van der Waals surface area contributed by atoms with Gasteiger partial charge in [0, 0.05) is 18.0 Å². The van der Waals surface area contributed by atoms with Crippen LogP contribution >= 0.6 is 0 Å². The Bertz CT molecular complexity index is 1010. The summed E-state index contributed by atoms with van der Waals surface area (Å²) in [5.74, 6) is 1.63. The maximum absolute atomic E-state index is 12.4. The Balaban J connectivity index is 1.40. The van der Waals surface area contributed by atoms with Gasteiger partial charge in [0.1, 0.15) is 17.8 Å². The van der Waals surface area contributed by atoms with Crippen LogP contribution in [0.5, 0.6) is 11.5 Å². The monoisotopic (exact) mass is 357 g/mol. The van der Waals surface area contributed by atoms with Crippen LogP contribution in [-0.4, -0.2) is 25.4 Å². The van der Waals surface area contributed by atoms with Gasteiger partial charge in [0.05, 0.1) is 18.1 Å². The molecule has 2 aromatic carbocycles. The molecule has 0 aliphatic heterocycles. The van der Waals surface area contributed by atoms with Crippen LogP contribution in [-0.2, 0) is 0 Å². The van der Waals surface area contributed by atoms with E-state index in [-0.39, 0.29) is 5.91 Å². The first-order valence-corrected chi connectivity index (χ1v) is 8.23. The Morgan fingerprint density at radius 2 is 1.63 bits per heavy atom. The largest absolute Gasteiger partial charge is 0.457 e. The third kappa shape index (κ3) is 3.98. The summed E-state index contributed by atoms with van der Waals surface area (Å²) in [4.78, 5) is 24.7. The number of ether oxygens (including phenoxy) is 1. The predicted molar refractivity (Wildman–Crippen MR) is 100 cm³/mol. The number of benzene rings is 2. The smallest absolute Gasteiger partial charge is 0.255 e. The zero-order valence-electron chi connectivity index (χ0n) is 14.2. The van der Waals surface area contributed by atoms with Gasteiger partial charge in [-0.2, -0.15) is 0 Å². The summed E-state index contributed by atoms with van der Waals surface area (Å²) in [7, 11) is 0. The number of carbonyl (C=O) groups is 1. The summed E-state index contributed by atoms with van der Waals surface area (Å²) < 4.78 is 7.40. The molecule has 0 saturated carbocycles. The molecule has 0 radical (unpaired) electrons. The van der Waals surface area contributed by atoms with Crippen LogP contribution in [0, 0.1) is 0 Å². The van der Waals surface area contributed by atoms with Gasteiger partial charge in [-0.25, -0.2) is 15.0 Å². The number of imidazole rings is 1. The van der Waals surface area contributed by atoms with Crippen molar-refractivity contribution < 1.29 is 9.53 Å². The predicted octanol–water partition coefficient (Wildman–Crippen LogP) is 3.71. The van der Waals surface area contributed by atoms with Crippen LogP contribution in [0.4, 0.5) is 5.69 Å². The number of aromatic nitrogens is 4. The van der Waals surface area contributed by atoms with E-state index < -0.39 is 0 Å². The molecule has 0 atom stereocenters. The van der Waals surface area contributed by atoms with Crippen LogP contribution < -0.4 is 10.1 Å². The molecular formula is C20H15N5O2. The molecule has 0 unspecified atom stereocenters. The highest BCUT2D eigenvalue weighted by Crippen LogP contribution is 2.21. The summed E-state index contributed by atoms with van der Waals surface area (Å²) in [5, 5.41) is 2.77. The number of anilines is 1. The topological polar surface area (TPSA) is 81.9 Å². The number of para-hydroxylation sites is 1. The quantitative estimate of drug-likeness (QED) is 0.589. The molecule has 1 N–H and O–H groups in total. The second-order valence-electron chi connectivity index (χ2n) is 5.64. The molecular weight excluding hydrogens is 342 g/mol. The number of hydrogen-bond acceptors (Lipinski definition) is 5. The highest BCUT2D eigenvalue weighted by molar-refractivity contribution is 6.04. The van der Waals surface area contributed by atoms with Crippen molar-refractivity contribution in [2.45, 2.75) is 0 Å². The van der Waals surface area contributed by atoms with E-state index in [1.54, 1.807) is 59.9 Å². The molecule has 27 heavy (non-hydrogen) atoms. The standard InChI is InChI=1S/C20H15N5O2/c26-19(24-16-12-22-20(23-13-16)25-11-10-21-14-25)15-6-8-18(9-7-15)27-17-4-2-1-3-5-17/h1-14H,(H,24,26). The fraction of sp³-hybridized carbons (Fsp3) is 0. The summed E-state index contributed by atoms with van der Waals surface area (Å²) in [5.41, 5.74) is 1.02. The number of nitrogens with one attached hydrogen (secondary N) is 1. The van der Waals surface area contributed by atoms with Crippen LogP contribution in [0.3, 0.4) is 0 Å². The van der Waals surface area contributed by atoms with Gasteiger partial charge in [-0.3, -0.25) is 9.36 Å². The summed E-state index contributed by atoms with van der Waals surface area (Å²) in [6.07, 6.45) is 8.09. The van der Waals surface area contributed by atoms with E-state index in [1.165, 1.54) is 0 Å². The van der Waals surface area contributed by atoms with Crippen molar-refractivity contribution in [1.82, 2.24) is 19.5 Å². The van der Waals surface area contributed by atoms with Crippen molar-refractivity contribution in [1.29, 1.82) is 0 Å². The van der Waals surface area contributed by atoms with Crippen molar-refractivity contribution in [2.75, 3.05) is 5.32 Å². The van der Waals surface area contributed by atoms with Gasteiger partial charge in [-0.15, -0.1) is 0 Å². The molecule has 0 bridgehead atoms. The first-order chi connectivity index (χ1) is 13.3. The van der Waals surface area contributed by atoms with Gasteiger partial charge in [0.2, 0.25) is 5.95 Å². The zero-order chi connectivity index (χ0) is 18.5. The fourth-order valence-corrected chi connectivity index (χ4v) is 2.40. The Morgan fingerprint density at radius 3 is 2.30 bits per heavy atom. The highest BCUT2D eigenvalue weighted by atomic mass is 16.5. The van der Waals surface area contributed by atoms with Crippen molar-refractivity contribution in [3.05, 3.63) is 91.3 Å². The van der Waals surface area contributed by atoms with Crippen molar-refractivity contribution in [2.24, 2.45) is 0 Å². The maximum atomic E-state index is 12.4. The average molecular weight is 357 g/mol. The molecule has 132 valence electrons. The summed E-state index contributed by atoms with van der Waals surface area (Å²) in [6, 6.07) is 16.4. The van der Waals surface area contributed by atoms with Gasteiger partial charge >= 0.3 is 0 Å². The normalized spacial score (nSPS) is 10.4. The van der Waals surface area contributed by atoms with E-state index in [1.807, 2.05) is 30.3 Å². The van der Waals surface area contributed by atoms with Crippen LogP contribution in [0.1, 0.15) is 10.4 Å².